The van der Waals surface area contributed by atoms with Gasteiger partial charge >= 0.3 is 6.03 Å². The maximum Gasteiger partial charge on any atom is 0.312 e. The summed E-state index contributed by atoms with van der Waals surface area (Å²) < 4.78 is 0. The molecule has 0 unspecified atom stereocenters. The monoisotopic (exact) mass is 244 g/mol. The highest BCUT2D eigenvalue weighted by Crippen LogP contribution is 1.97. The van der Waals surface area contributed by atoms with Gasteiger partial charge in [0.05, 0.1) is 6.54 Å². The van der Waals surface area contributed by atoms with Crippen molar-refractivity contribution in [1.82, 2.24) is 16.0 Å². The van der Waals surface area contributed by atoms with Crippen molar-refractivity contribution in [1.29, 1.82) is 0 Å². The fraction of sp³-hybridized carbons (Fsp3) is 0.700. The summed E-state index contributed by atoms with van der Waals surface area (Å²) in [6.45, 7) is 6.85. The molecule has 98 valence electrons. The summed E-state index contributed by atoms with van der Waals surface area (Å²) in [6.07, 6.45) is 0. The Labute approximate surface area is 100 Å². The van der Waals surface area contributed by atoms with Crippen molar-refractivity contribution in [3.05, 3.63) is 0 Å². The number of hydrogen-bond acceptors (Lipinski definition) is 3. The fourth-order valence-electron chi connectivity index (χ4n) is 1.06. The molecule has 1 atom stereocenters. The van der Waals surface area contributed by atoms with E-state index in [1.807, 2.05) is 20.8 Å². The van der Waals surface area contributed by atoms with Gasteiger partial charge in [-0.3, -0.25) is 9.59 Å². The molecule has 0 rings (SSSR count). The van der Waals surface area contributed by atoms with Gasteiger partial charge in [-0.1, -0.05) is 0 Å². The Balaban J connectivity index is 4.00. The Morgan fingerprint density at radius 2 is 1.76 bits per heavy atom. The summed E-state index contributed by atoms with van der Waals surface area (Å²) in [4.78, 5) is 33.2. The average molecular weight is 244 g/mol. The molecule has 0 fully saturated rings. The lowest BCUT2D eigenvalue weighted by Crippen LogP contribution is -2.50. The Morgan fingerprint density at radius 3 is 2.18 bits per heavy atom. The highest BCUT2D eigenvalue weighted by molar-refractivity contribution is 5.89. The first-order valence-corrected chi connectivity index (χ1v) is 5.26. The van der Waals surface area contributed by atoms with Crippen LogP contribution in [0.5, 0.6) is 0 Å². The minimum absolute atomic E-state index is 0.138. The van der Waals surface area contributed by atoms with Gasteiger partial charge in [0, 0.05) is 5.54 Å². The number of nitrogens with one attached hydrogen (secondary N) is 3. The average Bonchev–Trinajstić information content (AvgIpc) is 2.10. The van der Waals surface area contributed by atoms with E-state index in [9.17, 15) is 14.4 Å². The highest BCUT2D eigenvalue weighted by atomic mass is 16.2. The molecule has 5 N–H and O–H groups in total. The summed E-state index contributed by atoms with van der Waals surface area (Å²) in [7, 11) is 0. The number of hydrogen-bond donors (Lipinski definition) is 4. The standard InChI is InChI=1S/C10H20N4O3/c1-6(13-9(11)17)8(16)12-5-7(15)14-10(2,3)4/h6H,5H2,1-4H3,(H,12,16)(H,14,15)(H3,11,13,17)/t6-/m0/s1. The van der Waals surface area contributed by atoms with Crippen molar-refractivity contribution in [3.63, 3.8) is 0 Å². The van der Waals surface area contributed by atoms with Gasteiger partial charge in [-0.25, -0.2) is 4.79 Å². The maximum absolute atomic E-state index is 11.4. The molecular weight excluding hydrogens is 224 g/mol. The Kier molecular flexibility index (Phi) is 5.43. The van der Waals surface area contributed by atoms with Crippen LogP contribution in [0.4, 0.5) is 4.79 Å². The lowest BCUT2D eigenvalue weighted by molar-refractivity contribution is -0.127. The van der Waals surface area contributed by atoms with E-state index in [1.54, 1.807) is 0 Å². The highest BCUT2D eigenvalue weighted by Gasteiger charge is 2.17. The third kappa shape index (κ3) is 8.06. The smallest absolute Gasteiger partial charge is 0.312 e. The van der Waals surface area contributed by atoms with E-state index >= 15 is 0 Å². The molecule has 0 aromatic heterocycles. The molecule has 17 heavy (non-hydrogen) atoms. The molecular formula is C10H20N4O3. The van der Waals surface area contributed by atoms with Gasteiger partial charge in [0.25, 0.3) is 0 Å². The summed E-state index contributed by atoms with van der Waals surface area (Å²) in [6, 6.07) is -1.55. The zero-order valence-corrected chi connectivity index (χ0v) is 10.6. The van der Waals surface area contributed by atoms with E-state index in [4.69, 9.17) is 5.73 Å². The molecule has 0 aromatic carbocycles. The van der Waals surface area contributed by atoms with Crippen molar-refractivity contribution in [2.45, 2.75) is 39.3 Å². The van der Waals surface area contributed by atoms with Crippen LogP contribution in [0.1, 0.15) is 27.7 Å². The van der Waals surface area contributed by atoms with Crippen LogP contribution in [0.25, 0.3) is 0 Å². The van der Waals surface area contributed by atoms with Gasteiger partial charge in [0.15, 0.2) is 0 Å². The number of nitrogens with two attached hydrogens (primary N) is 1. The number of primary amides is 1. The quantitative estimate of drug-likeness (QED) is 0.512. The van der Waals surface area contributed by atoms with Crippen LogP contribution in [0.15, 0.2) is 0 Å². The Hall–Kier alpha value is -1.79. The van der Waals surface area contributed by atoms with E-state index in [1.165, 1.54) is 6.92 Å². The summed E-state index contributed by atoms with van der Waals surface area (Å²) in [5.41, 5.74) is 4.51. The minimum Gasteiger partial charge on any atom is -0.352 e. The topological polar surface area (TPSA) is 113 Å². The Morgan fingerprint density at radius 1 is 1.24 bits per heavy atom. The zero-order chi connectivity index (χ0) is 13.6. The molecule has 0 spiro atoms. The maximum atomic E-state index is 11.4. The second kappa shape index (κ2) is 6.07. The van der Waals surface area contributed by atoms with Gasteiger partial charge in [-0.05, 0) is 27.7 Å². The zero-order valence-electron chi connectivity index (χ0n) is 10.6. The third-order valence-electron chi connectivity index (χ3n) is 1.69. The lowest BCUT2D eigenvalue weighted by Gasteiger charge is -2.21. The second-order valence-corrected chi connectivity index (χ2v) is 4.75. The van der Waals surface area contributed by atoms with E-state index in [-0.39, 0.29) is 18.0 Å². The minimum atomic E-state index is -0.785. The van der Waals surface area contributed by atoms with Gasteiger partial charge < -0.3 is 21.7 Å². The molecule has 4 amide bonds. The molecule has 0 aliphatic heterocycles. The third-order valence-corrected chi connectivity index (χ3v) is 1.69. The second-order valence-electron chi connectivity index (χ2n) is 4.75. The number of amides is 4. The van der Waals surface area contributed by atoms with E-state index < -0.39 is 18.0 Å². The van der Waals surface area contributed by atoms with Crippen molar-refractivity contribution in [3.8, 4) is 0 Å². The summed E-state index contributed by atoms with van der Waals surface area (Å²) in [5, 5.41) is 7.29. The molecule has 0 saturated carbocycles. The van der Waals surface area contributed by atoms with Crippen LogP contribution in [-0.4, -0.2) is 36.0 Å². The first-order chi connectivity index (χ1) is 7.61. The van der Waals surface area contributed by atoms with Crippen molar-refractivity contribution >= 4 is 17.8 Å². The normalized spacial score (nSPS) is 12.5. The first kappa shape index (κ1) is 15.2. The molecule has 0 heterocycles. The van der Waals surface area contributed by atoms with Crippen molar-refractivity contribution in [2.75, 3.05) is 6.54 Å². The van der Waals surface area contributed by atoms with E-state index in [0.717, 1.165) is 0 Å². The summed E-state index contributed by atoms with van der Waals surface area (Å²) >= 11 is 0. The van der Waals surface area contributed by atoms with Crippen LogP contribution in [0.3, 0.4) is 0 Å². The summed E-state index contributed by atoms with van der Waals surface area (Å²) in [5.74, 6) is -0.759. The molecule has 7 heteroatoms. The van der Waals surface area contributed by atoms with Gasteiger partial charge in [0.1, 0.15) is 6.04 Å². The van der Waals surface area contributed by atoms with Gasteiger partial charge in [-0.15, -0.1) is 0 Å². The fourth-order valence-corrected chi connectivity index (χ4v) is 1.06. The number of urea groups is 1. The molecule has 0 aliphatic carbocycles. The first-order valence-electron chi connectivity index (χ1n) is 5.26. The van der Waals surface area contributed by atoms with Crippen molar-refractivity contribution in [2.24, 2.45) is 5.73 Å². The van der Waals surface area contributed by atoms with Crippen LogP contribution >= 0.6 is 0 Å². The van der Waals surface area contributed by atoms with E-state index in [2.05, 4.69) is 16.0 Å². The van der Waals surface area contributed by atoms with E-state index in [0.29, 0.717) is 0 Å². The lowest BCUT2D eigenvalue weighted by atomic mass is 10.1. The molecule has 0 aliphatic rings. The van der Waals surface area contributed by atoms with Gasteiger partial charge in [-0.2, -0.15) is 0 Å². The van der Waals surface area contributed by atoms with Crippen LogP contribution in [0, 0.1) is 0 Å². The molecule has 0 bridgehead atoms. The SMILES string of the molecule is C[C@H](NC(N)=O)C(=O)NCC(=O)NC(C)(C)C. The van der Waals surface area contributed by atoms with Gasteiger partial charge in [0.2, 0.25) is 11.8 Å². The molecule has 0 radical (unpaired) electrons. The molecule has 0 aromatic rings. The number of carbonyl (C=O) groups is 3. The molecule has 0 saturated heterocycles. The van der Waals surface area contributed by atoms with Crippen LogP contribution in [-0.2, 0) is 9.59 Å². The molecule has 7 nitrogen and oxygen atoms in total. The largest absolute Gasteiger partial charge is 0.352 e. The number of rotatable bonds is 4. The van der Waals surface area contributed by atoms with Crippen LogP contribution in [0.2, 0.25) is 0 Å². The predicted octanol–water partition coefficient (Wildman–Crippen LogP) is -0.926. The van der Waals surface area contributed by atoms with Crippen molar-refractivity contribution < 1.29 is 14.4 Å². The number of carbonyl (C=O) groups excluding carboxylic acids is 3. The predicted molar refractivity (Wildman–Crippen MR) is 63.1 cm³/mol. The Bertz CT molecular complexity index is 309. The van der Waals surface area contributed by atoms with Crippen LogP contribution < -0.4 is 21.7 Å².